The summed E-state index contributed by atoms with van der Waals surface area (Å²) < 4.78 is 13.4. The molecule has 2 heterocycles. The van der Waals surface area contributed by atoms with Gasteiger partial charge in [0.05, 0.1) is 5.92 Å². The lowest BCUT2D eigenvalue weighted by Crippen LogP contribution is -2.48. The summed E-state index contributed by atoms with van der Waals surface area (Å²) in [5, 5.41) is 3.24. The monoisotopic (exact) mass is 419 g/mol. The molecule has 1 aromatic rings. The van der Waals surface area contributed by atoms with Crippen molar-refractivity contribution in [1.82, 2.24) is 15.1 Å². The Kier molecular flexibility index (Phi) is 10.6. The Balaban J connectivity index is 0.00000182. The van der Waals surface area contributed by atoms with Gasteiger partial charge in [0.1, 0.15) is 5.82 Å². The Bertz CT molecular complexity index is 588. The maximum absolute atomic E-state index is 13.4. The fourth-order valence-corrected chi connectivity index (χ4v) is 4.27. The molecule has 7 heteroatoms. The van der Waals surface area contributed by atoms with Crippen LogP contribution in [0, 0.1) is 17.7 Å². The second-order valence-electron chi connectivity index (χ2n) is 7.55. The van der Waals surface area contributed by atoms with Gasteiger partial charge in [0.2, 0.25) is 5.91 Å². The Labute approximate surface area is 174 Å². The van der Waals surface area contributed by atoms with Crippen LogP contribution in [0.4, 0.5) is 4.39 Å². The molecular formula is C20H32Cl2FN3O. The summed E-state index contributed by atoms with van der Waals surface area (Å²) in [6, 6.07) is 6.79. The van der Waals surface area contributed by atoms with E-state index in [1.165, 1.54) is 12.5 Å². The van der Waals surface area contributed by atoms with E-state index in [4.69, 9.17) is 0 Å². The second-order valence-corrected chi connectivity index (χ2v) is 7.55. The molecule has 0 aromatic heterocycles. The highest BCUT2D eigenvalue weighted by molar-refractivity contribution is 5.85. The van der Waals surface area contributed by atoms with Gasteiger partial charge < -0.3 is 10.2 Å². The number of carbonyl (C=O) groups is 1. The van der Waals surface area contributed by atoms with Crippen LogP contribution in [0.3, 0.4) is 0 Å². The van der Waals surface area contributed by atoms with Crippen molar-refractivity contribution >= 4 is 30.7 Å². The Hall–Kier alpha value is -0.880. The molecule has 27 heavy (non-hydrogen) atoms. The molecule has 0 saturated carbocycles. The van der Waals surface area contributed by atoms with Crippen LogP contribution in [-0.2, 0) is 11.3 Å². The van der Waals surface area contributed by atoms with Gasteiger partial charge >= 0.3 is 0 Å². The molecular weight excluding hydrogens is 388 g/mol. The van der Waals surface area contributed by atoms with E-state index in [0.717, 1.165) is 64.1 Å². The highest BCUT2D eigenvalue weighted by atomic mass is 35.5. The van der Waals surface area contributed by atoms with E-state index >= 15 is 0 Å². The maximum atomic E-state index is 13.4. The summed E-state index contributed by atoms with van der Waals surface area (Å²) in [4.78, 5) is 17.4. The number of amides is 1. The van der Waals surface area contributed by atoms with Gasteiger partial charge in [-0.3, -0.25) is 9.69 Å². The SMILES string of the molecule is CNCC1CCCN(C(=O)C2CCCN(Cc3cccc(F)c3)C2)C1.Cl.Cl. The van der Waals surface area contributed by atoms with Gasteiger partial charge in [0.25, 0.3) is 0 Å². The van der Waals surface area contributed by atoms with Gasteiger partial charge in [-0.05, 0) is 69.4 Å². The first-order chi connectivity index (χ1) is 12.2. The molecule has 0 bridgehead atoms. The third kappa shape index (κ3) is 6.90. The number of nitrogens with one attached hydrogen (secondary N) is 1. The van der Waals surface area contributed by atoms with Crippen molar-refractivity contribution in [3.8, 4) is 0 Å². The predicted octanol–water partition coefficient (Wildman–Crippen LogP) is 3.34. The molecule has 0 radical (unpaired) electrons. The van der Waals surface area contributed by atoms with Gasteiger partial charge in [0.15, 0.2) is 0 Å². The molecule has 2 aliphatic heterocycles. The highest BCUT2D eigenvalue weighted by Gasteiger charge is 2.31. The number of carbonyl (C=O) groups excluding carboxylic acids is 1. The molecule has 1 amide bonds. The minimum atomic E-state index is -0.189. The topological polar surface area (TPSA) is 35.6 Å². The van der Waals surface area contributed by atoms with Crippen molar-refractivity contribution in [2.45, 2.75) is 32.2 Å². The van der Waals surface area contributed by atoms with Crippen LogP contribution in [-0.4, -0.2) is 55.5 Å². The summed E-state index contributed by atoms with van der Waals surface area (Å²) >= 11 is 0. The van der Waals surface area contributed by atoms with E-state index in [1.807, 2.05) is 13.1 Å². The molecule has 2 aliphatic rings. The molecule has 2 fully saturated rings. The molecule has 0 spiro atoms. The summed E-state index contributed by atoms with van der Waals surface area (Å²) in [6.07, 6.45) is 4.34. The third-order valence-corrected chi connectivity index (χ3v) is 5.47. The molecule has 0 aliphatic carbocycles. The van der Waals surface area contributed by atoms with Gasteiger partial charge in [-0.1, -0.05) is 12.1 Å². The normalized spacial score (nSPS) is 23.3. The van der Waals surface area contributed by atoms with E-state index in [0.29, 0.717) is 11.8 Å². The number of benzene rings is 1. The van der Waals surface area contributed by atoms with Crippen molar-refractivity contribution in [3.63, 3.8) is 0 Å². The number of halogens is 3. The minimum absolute atomic E-state index is 0. The van der Waals surface area contributed by atoms with E-state index < -0.39 is 0 Å². The average Bonchev–Trinajstić information content (AvgIpc) is 2.62. The largest absolute Gasteiger partial charge is 0.342 e. The van der Waals surface area contributed by atoms with Crippen LogP contribution in [0.15, 0.2) is 24.3 Å². The lowest BCUT2D eigenvalue weighted by molar-refractivity contribution is -0.139. The predicted molar refractivity (Wildman–Crippen MR) is 112 cm³/mol. The zero-order valence-electron chi connectivity index (χ0n) is 16.0. The highest BCUT2D eigenvalue weighted by Crippen LogP contribution is 2.24. The molecule has 2 unspecified atom stereocenters. The molecule has 3 rings (SSSR count). The number of hydrogen-bond donors (Lipinski definition) is 1. The van der Waals surface area contributed by atoms with Crippen molar-refractivity contribution in [2.24, 2.45) is 11.8 Å². The van der Waals surface area contributed by atoms with E-state index in [-0.39, 0.29) is 36.5 Å². The first kappa shape index (κ1) is 24.2. The number of rotatable bonds is 5. The van der Waals surface area contributed by atoms with Crippen molar-refractivity contribution in [3.05, 3.63) is 35.6 Å². The van der Waals surface area contributed by atoms with Crippen LogP contribution in [0.5, 0.6) is 0 Å². The summed E-state index contributed by atoms with van der Waals surface area (Å²) in [5.74, 6) is 0.807. The first-order valence-electron chi connectivity index (χ1n) is 9.56. The van der Waals surface area contributed by atoms with Gasteiger partial charge in [-0.2, -0.15) is 0 Å². The Morgan fingerprint density at radius 1 is 1.19 bits per heavy atom. The number of hydrogen-bond acceptors (Lipinski definition) is 3. The quantitative estimate of drug-likeness (QED) is 0.794. The van der Waals surface area contributed by atoms with Crippen LogP contribution in [0.2, 0.25) is 0 Å². The molecule has 2 saturated heterocycles. The summed E-state index contributed by atoms with van der Waals surface area (Å²) in [6.45, 7) is 5.29. The Morgan fingerprint density at radius 2 is 1.96 bits per heavy atom. The van der Waals surface area contributed by atoms with Crippen LogP contribution < -0.4 is 5.32 Å². The van der Waals surface area contributed by atoms with Gasteiger partial charge in [0, 0.05) is 26.2 Å². The van der Waals surface area contributed by atoms with Gasteiger partial charge in [-0.25, -0.2) is 4.39 Å². The molecule has 2 atom stereocenters. The zero-order valence-corrected chi connectivity index (χ0v) is 17.7. The van der Waals surface area contributed by atoms with E-state index in [1.54, 1.807) is 12.1 Å². The van der Waals surface area contributed by atoms with Crippen molar-refractivity contribution in [2.75, 3.05) is 39.8 Å². The van der Waals surface area contributed by atoms with E-state index in [9.17, 15) is 9.18 Å². The molecule has 4 nitrogen and oxygen atoms in total. The smallest absolute Gasteiger partial charge is 0.226 e. The molecule has 1 N–H and O–H groups in total. The fourth-order valence-electron chi connectivity index (χ4n) is 4.27. The second kappa shape index (κ2) is 11.8. The van der Waals surface area contributed by atoms with Crippen molar-refractivity contribution < 1.29 is 9.18 Å². The van der Waals surface area contributed by atoms with Crippen LogP contribution in [0.25, 0.3) is 0 Å². The van der Waals surface area contributed by atoms with Crippen molar-refractivity contribution in [1.29, 1.82) is 0 Å². The standard InChI is InChI=1S/C20H30FN3O.2ClH/c1-22-12-17-6-3-10-24(14-17)20(25)18-7-4-9-23(15-18)13-16-5-2-8-19(21)11-16;;/h2,5,8,11,17-18,22H,3-4,6-7,9-10,12-15H2,1H3;2*1H. The van der Waals surface area contributed by atoms with Crippen LogP contribution >= 0.6 is 24.8 Å². The molecule has 1 aromatic carbocycles. The molecule has 154 valence electrons. The Morgan fingerprint density at radius 3 is 2.70 bits per heavy atom. The third-order valence-electron chi connectivity index (χ3n) is 5.47. The van der Waals surface area contributed by atoms with Crippen LogP contribution in [0.1, 0.15) is 31.2 Å². The van der Waals surface area contributed by atoms with E-state index in [2.05, 4.69) is 15.1 Å². The lowest BCUT2D eigenvalue weighted by Gasteiger charge is -2.38. The average molecular weight is 420 g/mol. The number of likely N-dealkylation sites (tertiary alicyclic amines) is 2. The maximum Gasteiger partial charge on any atom is 0.226 e. The summed E-state index contributed by atoms with van der Waals surface area (Å²) in [7, 11) is 1.98. The van der Waals surface area contributed by atoms with Gasteiger partial charge in [-0.15, -0.1) is 24.8 Å². The summed E-state index contributed by atoms with van der Waals surface area (Å²) in [5.41, 5.74) is 0.986. The lowest BCUT2D eigenvalue weighted by atomic mass is 9.92. The zero-order chi connectivity index (χ0) is 17.6. The number of nitrogens with zero attached hydrogens (tertiary/aromatic N) is 2. The minimum Gasteiger partial charge on any atom is -0.342 e. The first-order valence-corrected chi connectivity index (χ1v) is 9.56. The number of piperidine rings is 2. The fraction of sp³-hybridized carbons (Fsp3) is 0.650.